The third kappa shape index (κ3) is 4.70. The number of ether oxygens (including phenoxy) is 1. The van der Waals surface area contributed by atoms with Crippen LogP contribution in [0, 0.1) is 0 Å². The minimum absolute atomic E-state index is 0.0399. The number of esters is 1. The van der Waals surface area contributed by atoms with Crippen LogP contribution in [0.25, 0.3) is 0 Å². The summed E-state index contributed by atoms with van der Waals surface area (Å²) in [6.07, 6.45) is 4.04. The first-order chi connectivity index (χ1) is 11.2. The molecule has 24 heavy (non-hydrogen) atoms. The lowest BCUT2D eigenvalue weighted by atomic mass is 10.2. The van der Waals surface area contributed by atoms with Gasteiger partial charge >= 0.3 is 5.97 Å². The van der Waals surface area contributed by atoms with E-state index in [1.165, 1.54) is 19.1 Å². The van der Waals surface area contributed by atoms with Crippen molar-refractivity contribution in [2.45, 2.75) is 49.6 Å². The third-order valence-corrected chi connectivity index (χ3v) is 5.38. The second kappa shape index (κ2) is 7.53. The van der Waals surface area contributed by atoms with Crippen LogP contribution in [-0.4, -0.2) is 38.7 Å². The number of halogens is 1. The topological polar surface area (TPSA) is 89.5 Å². The van der Waals surface area contributed by atoms with Crippen molar-refractivity contribution >= 4 is 33.3 Å². The summed E-state index contributed by atoms with van der Waals surface area (Å²) in [5.74, 6) is -1.20. The molecule has 132 valence electrons. The normalized spacial score (nSPS) is 16.6. The SMILES string of the molecule is C[C@@H](OC(=O)c1cc(S(C)(=O)=O)ccc1Cl)C(=O)NC1CCCC1. The van der Waals surface area contributed by atoms with Gasteiger partial charge in [-0.2, -0.15) is 0 Å². The summed E-state index contributed by atoms with van der Waals surface area (Å²) in [7, 11) is -3.48. The van der Waals surface area contributed by atoms with E-state index < -0.39 is 21.9 Å². The molecular formula is C16H20ClNO5S. The summed E-state index contributed by atoms with van der Waals surface area (Å²) in [4.78, 5) is 24.2. The molecule has 1 aliphatic rings. The van der Waals surface area contributed by atoms with Crippen molar-refractivity contribution in [3.05, 3.63) is 28.8 Å². The van der Waals surface area contributed by atoms with Crippen LogP contribution in [0.15, 0.2) is 23.1 Å². The number of carbonyl (C=O) groups excluding carboxylic acids is 2. The molecule has 1 aromatic rings. The van der Waals surface area contributed by atoms with Crippen LogP contribution < -0.4 is 5.32 Å². The number of hydrogen-bond acceptors (Lipinski definition) is 5. The zero-order valence-electron chi connectivity index (χ0n) is 13.5. The van der Waals surface area contributed by atoms with Gasteiger partial charge in [-0.3, -0.25) is 4.79 Å². The van der Waals surface area contributed by atoms with Crippen LogP contribution in [0.2, 0.25) is 5.02 Å². The van der Waals surface area contributed by atoms with E-state index in [-0.39, 0.29) is 27.4 Å². The number of hydrogen-bond donors (Lipinski definition) is 1. The summed E-state index contributed by atoms with van der Waals surface area (Å²) < 4.78 is 28.3. The van der Waals surface area contributed by atoms with Crippen LogP contribution in [-0.2, 0) is 19.4 Å². The lowest BCUT2D eigenvalue weighted by Crippen LogP contribution is -2.40. The Morgan fingerprint density at radius 2 is 1.92 bits per heavy atom. The van der Waals surface area contributed by atoms with Gasteiger partial charge in [0.05, 0.1) is 15.5 Å². The van der Waals surface area contributed by atoms with Gasteiger partial charge in [0.1, 0.15) is 0 Å². The van der Waals surface area contributed by atoms with Crippen molar-refractivity contribution in [3.8, 4) is 0 Å². The highest BCUT2D eigenvalue weighted by Gasteiger charge is 2.25. The molecule has 1 N–H and O–H groups in total. The van der Waals surface area contributed by atoms with E-state index in [0.29, 0.717) is 0 Å². The zero-order chi connectivity index (χ0) is 17.9. The maximum Gasteiger partial charge on any atom is 0.340 e. The van der Waals surface area contributed by atoms with Crippen molar-refractivity contribution in [2.75, 3.05) is 6.26 Å². The molecule has 1 aromatic carbocycles. The Morgan fingerprint density at radius 3 is 2.50 bits per heavy atom. The summed E-state index contributed by atoms with van der Waals surface area (Å²) in [5.41, 5.74) is -0.0832. The molecule has 1 amide bonds. The predicted octanol–water partition coefficient (Wildman–Crippen LogP) is 2.35. The number of benzene rings is 1. The van der Waals surface area contributed by atoms with Gasteiger partial charge in [-0.05, 0) is 38.0 Å². The maximum absolute atomic E-state index is 12.2. The Morgan fingerprint density at radius 1 is 1.29 bits per heavy atom. The zero-order valence-corrected chi connectivity index (χ0v) is 15.1. The summed E-state index contributed by atoms with van der Waals surface area (Å²) in [5, 5.41) is 2.91. The molecular weight excluding hydrogens is 354 g/mol. The first kappa shape index (κ1) is 18.7. The van der Waals surface area contributed by atoms with Crippen LogP contribution in [0.4, 0.5) is 0 Å². The molecule has 0 saturated heterocycles. The monoisotopic (exact) mass is 373 g/mol. The Bertz CT molecular complexity index is 741. The Labute approximate surface area is 146 Å². The van der Waals surface area contributed by atoms with E-state index in [1.54, 1.807) is 0 Å². The fraction of sp³-hybridized carbons (Fsp3) is 0.500. The molecule has 0 aromatic heterocycles. The highest BCUT2D eigenvalue weighted by molar-refractivity contribution is 7.90. The lowest BCUT2D eigenvalue weighted by Gasteiger charge is -2.17. The van der Waals surface area contributed by atoms with Gasteiger partial charge in [0.15, 0.2) is 15.9 Å². The molecule has 1 fully saturated rings. The Hall–Kier alpha value is -1.60. The van der Waals surface area contributed by atoms with Crippen LogP contribution >= 0.6 is 11.6 Å². The second-order valence-corrected chi connectivity index (χ2v) is 8.37. The molecule has 6 nitrogen and oxygen atoms in total. The largest absolute Gasteiger partial charge is 0.449 e. The number of rotatable bonds is 5. The van der Waals surface area contributed by atoms with Gasteiger partial charge in [-0.1, -0.05) is 24.4 Å². The quantitative estimate of drug-likeness (QED) is 0.800. The van der Waals surface area contributed by atoms with Crippen molar-refractivity contribution in [1.29, 1.82) is 0 Å². The van der Waals surface area contributed by atoms with Crippen LogP contribution in [0.5, 0.6) is 0 Å². The highest BCUT2D eigenvalue weighted by atomic mass is 35.5. The van der Waals surface area contributed by atoms with Gasteiger partial charge in [-0.25, -0.2) is 13.2 Å². The summed E-state index contributed by atoms with van der Waals surface area (Å²) in [6, 6.07) is 3.90. The smallest absolute Gasteiger partial charge is 0.340 e. The maximum atomic E-state index is 12.2. The summed E-state index contributed by atoms with van der Waals surface area (Å²) >= 11 is 5.95. The third-order valence-electron chi connectivity index (χ3n) is 3.94. The fourth-order valence-electron chi connectivity index (χ4n) is 2.56. The molecule has 1 aliphatic carbocycles. The van der Waals surface area contributed by atoms with Gasteiger partial charge in [0.25, 0.3) is 5.91 Å². The van der Waals surface area contributed by atoms with Crippen LogP contribution in [0.3, 0.4) is 0 Å². The molecule has 0 bridgehead atoms. The van der Waals surface area contributed by atoms with Crippen LogP contribution in [0.1, 0.15) is 43.0 Å². The molecule has 0 unspecified atom stereocenters. The van der Waals surface area contributed by atoms with Crippen molar-refractivity contribution in [1.82, 2.24) is 5.32 Å². The average molecular weight is 374 g/mol. The number of nitrogens with one attached hydrogen (secondary N) is 1. The van der Waals surface area contributed by atoms with Gasteiger partial charge < -0.3 is 10.1 Å². The molecule has 0 aliphatic heterocycles. The molecule has 0 heterocycles. The van der Waals surface area contributed by atoms with Crippen molar-refractivity contribution in [2.24, 2.45) is 0 Å². The van der Waals surface area contributed by atoms with E-state index in [0.717, 1.165) is 38.0 Å². The summed E-state index contributed by atoms with van der Waals surface area (Å²) in [6.45, 7) is 1.47. The number of amides is 1. The molecule has 2 rings (SSSR count). The first-order valence-electron chi connectivity index (χ1n) is 7.69. The molecule has 0 spiro atoms. The highest BCUT2D eigenvalue weighted by Crippen LogP contribution is 2.22. The molecule has 0 radical (unpaired) electrons. The number of sulfone groups is 1. The Balaban J connectivity index is 2.07. The van der Waals surface area contributed by atoms with Gasteiger partial charge in [0, 0.05) is 12.3 Å². The average Bonchev–Trinajstić information content (AvgIpc) is 2.99. The first-order valence-corrected chi connectivity index (χ1v) is 9.96. The minimum atomic E-state index is -3.48. The fourth-order valence-corrected chi connectivity index (χ4v) is 3.40. The van der Waals surface area contributed by atoms with E-state index in [9.17, 15) is 18.0 Å². The van der Waals surface area contributed by atoms with Gasteiger partial charge in [0.2, 0.25) is 0 Å². The Kier molecular flexibility index (Phi) is 5.87. The predicted molar refractivity (Wildman–Crippen MR) is 89.8 cm³/mol. The minimum Gasteiger partial charge on any atom is -0.449 e. The second-order valence-electron chi connectivity index (χ2n) is 5.95. The van der Waals surface area contributed by atoms with Crippen molar-refractivity contribution < 1.29 is 22.7 Å². The van der Waals surface area contributed by atoms with E-state index >= 15 is 0 Å². The standard InChI is InChI=1S/C16H20ClNO5S/c1-10(15(19)18-11-5-3-4-6-11)23-16(20)13-9-12(24(2,21)22)7-8-14(13)17/h7-11H,3-6H2,1-2H3,(H,18,19)/t10-/m1/s1. The molecule has 1 atom stereocenters. The van der Waals surface area contributed by atoms with E-state index in [4.69, 9.17) is 16.3 Å². The van der Waals surface area contributed by atoms with Gasteiger partial charge in [-0.15, -0.1) is 0 Å². The molecule has 1 saturated carbocycles. The number of carbonyl (C=O) groups is 2. The van der Waals surface area contributed by atoms with Crippen molar-refractivity contribution in [3.63, 3.8) is 0 Å². The van der Waals surface area contributed by atoms with E-state index in [2.05, 4.69) is 5.32 Å². The molecule has 8 heteroatoms. The lowest BCUT2D eigenvalue weighted by molar-refractivity contribution is -0.129. The van der Waals surface area contributed by atoms with E-state index in [1.807, 2.05) is 0 Å².